The Hall–Kier alpha value is -3.06. The van der Waals surface area contributed by atoms with E-state index >= 15 is 0 Å². The maximum absolute atomic E-state index is 11.6. The van der Waals surface area contributed by atoms with Gasteiger partial charge in [0, 0.05) is 22.6 Å². The van der Waals surface area contributed by atoms with Gasteiger partial charge >= 0.3 is 35.5 Å². The van der Waals surface area contributed by atoms with Gasteiger partial charge in [0.05, 0.1) is 23.3 Å². The summed E-state index contributed by atoms with van der Waals surface area (Å²) in [6.07, 6.45) is 2.37. The average molecular weight is 458 g/mol. The Morgan fingerprint density at radius 2 is 1.79 bits per heavy atom. The molecule has 0 spiro atoms. The van der Waals surface area contributed by atoms with Crippen molar-refractivity contribution < 1.29 is 40.9 Å². The fraction of sp³-hybridized carbons (Fsp3) is 0.185. The van der Waals surface area contributed by atoms with Crippen molar-refractivity contribution in [3.05, 3.63) is 89.4 Å². The summed E-state index contributed by atoms with van der Waals surface area (Å²) < 4.78 is 2.26. The van der Waals surface area contributed by atoms with Crippen molar-refractivity contribution in [2.45, 2.75) is 32.2 Å². The molecule has 1 N–H and O–H groups in total. The van der Waals surface area contributed by atoms with Crippen LogP contribution in [0, 0.1) is 6.92 Å². The number of carboxylic acids is 1. The number of carboxylic acid groups (broad SMARTS) is 1. The van der Waals surface area contributed by atoms with E-state index in [1.165, 1.54) is 12.8 Å². The summed E-state index contributed by atoms with van der Waals surface area (Å²) in [5, 5.41) is 10.5. The number of aromatic carboxylic acids is 1. The maximum atomic E-state index is 11.6. The Kier molecular flexibility index (Phi) is 5.98. The van der Waals surface area contributed by atoms with Crippen LogP contribution in [0.3, 0.4) is 0 Å². The maximum Gasteiger partial charge on any atom is 1.00 e. The molecule has 0 unspecified atom stereocenters. The first-order valence-corrected chi connectivity index (χ1v) is 11.1. The third kappa shape index (κ3) is 4.13. The van der Waals surface area contributed by atoms with Crippen LogP contribution in [0.1, 0.15) is 47.6 Å². The monoisotopic (exact) mass is 458 g/mol. The molecule has 0 saturated heterocycles. The predicted octanol–water partition coefficient (Wildman–Crippen LogP) is 2.70. The number of rotatable bonds is 5. The molecule has 164 valence electrons. The molecule has 1 aliphatic carbocycles. The molecular formula is C27H23N4NaO2. The zero-order chi connectivity index (χ0) is 22.5. The van der Waals surface area contributed by atoms with Crippen LogP contribution in [0.25, 0.3) is 33.3 Å². The zero-order valence-electron chi connectivity index (χ0n) is 20.2. The van der Waals surface area contributed by atoms with Gasteiger partial charge in [-0.05, 0) is 61.7 Å². The molecule has 2 aromatic carbocycles. The summed E-state index contributed by atoms with van der Waals surface area (Å²) in [7, 11) is 0. The summed E-state index contributed by atoms with van der Waals surface area (Å²) in [5.74, 6) is 0.700. The Bertz CT molecular complexity index is 1560. The summed E-state index contributed by atoms with van der Waals surface area (Å²) in [5.41, 5.74) is 6.41. The molecule has 7 heteroatoms. The SMILES string of the molecule is Cc1ccc2nc(C3CC3)n(Cc3ccc4nc(-c5ccccc5C(=O)O)ccc4c3)c2n1.[H-].[Na+]. The molecule has 34 heavy (non-hydrogen) atoms. The fourth-order valence-electron chi connectivity index (χ4n) is 4.42. The van der Waals surface area contributed by atoms with Crippen molar-refractivity contribution in [1.82, 2.24) is 19.5 Å². The zero-order valence-corrected chi connectivity index (χ0v) is 21.2. The van der Waals surface area contributed by atoms with E-state index in [4.69, 9.17) is 15.0 Å². The molecule has 0 amide bonds. The van der Waals surface area contributed by atoms with E-state index in [1.54, 1.807) is 18.2 Å². The van der Waals surface area contributed by atoms with Gasteiger partial charge in [0.1, 0.15) is 11.3 Å². The van der Waals surface area contributed by atoms with Gasteiger partial charge < -0.3 is 11.1 Å². The largest absolute Gasteiger partial charge is 1.00 e. The number of hydrogen-bond acceptors (Lipinski definition) is 4. The van der Waals surface area contributed by atoms with Crippen molar-refractivity contribution in [3.8, 4) is 11.3 Å². The number of fused-ring (bicyclic) bond motifs is 2. The fourth-order valence-corrected chi connectivity index (χ4v) is 4.42. The summed E-state index contributed by atoms with van der Waals surface area (Å²) in [6.45, 7) is 2.72. The third-order valence-electron chi connectivity index (χ3n) is 6.23. The predicted molar refractivity (Wildman–Crippen MR) is 129 cm³/mol. The van der Waals surface area contributed by atoms with Gasteiger partial charge in [-0.1, -0.05) is 30.3 Å². The van der Waals surface area contributed by atoms with Gasteiger partial charge in [0.15, 0.2) is 5.65 Å². The van der Waals surface area contributed by atoms with E-state index in [1.807, 2.05) is 37.3 Å². The number of aromatic nitrogens is 4. The second-order valence-electron chi connectivity index (χ2n) is 8.70. The van der Waals surface area contributed by atoms with E-state index in [0.717, 1.165) is 39.1 Å². The molecule has 1 saturated carbocycles. The summed E-state index contributed by atoms with van der Waals surface area (Å²) in [4.78, 5) is 26.0. The molecule has 0 radical (unpaired) electrons. The van der Waals surface area contributed by atoms with Gasteiger partial charge in [-0.2, -0.15) is 0 Å². The first-order valence-electron chi connectivity index (χ1n) is 11.1. The Balaban J connectivity index is 0.00000144. The quantitative estimate of drug-likeness (QED) is 0.410. The molecule has 0 aliphatic heterocycles. The molecule has 3 heterocycles. The number of benzene rings is 2. The first kappa shape index (κ1) is 22.7. The minimum Gasteiger partial charge on any atom is -1.00 e. The van der Waals surface area contributed by atoms with Crippen LogP contribution >= 0.6 is 0 Å². The molecule has 0 bridgehead atoms. The molecule has 6 nitrogen and oxygen atoms in total. The second-order valence-corrected chi connectivity index (χ2v) is 8.70. The van der Waals surface area contributed by atoms with Crippen molar-refractivity contribution in [2.24, 2.45) is 0 Å². The van der Waals surface area contributed by atoms with E-state index in [9.17, 15) is 9.90 Å². The van der Waals surface area contributed by atoms with Gasteiger partial charge in [-0.15, -0.1) is 0 Å². The van der Waals surface area contributed by atoms with E-state index < -0.39 is 5.97 Å². The minimum absolute atomic E-state index is 0. The van der Waals surface area contributed by atoms with Gasteiger partial charge in [0.2, 0.25) is 0 Å². The Labute approximate surface area is 220 Å². The topological polar surface area (TPSA) is 80.9 Å². The molecule has 0 atom stereocenters. The van der Waals surface area contributed by atoms with Crippen LogP contribution in [0.4, 0.5) is 0 Å². The number of hydrogen-bond donors (Lipinski definition) is 1. The summed E-state index contributed by atoms with van der Waals surface area (Å²) in [6, 6.07) is 21.2. The number of aryl methyl sites for hydroxylation is 1. The molecule has 1 fully saturated rings. The van der Waals surface area contributed by atoms with Crippen LogP contribution in [-0.2, 0) is 6.54 Å². The van der Waals surface area contributed by atoms with E-state index in [0.29, 0.717) is 23.7 Å². The standard InChI is InChI=1S/C27H22N4O2.Na.H/c1-16-6-11-24-26(28-16)31(25(30-24)18-8-9-18)15-17-7-12-22-19(14-17)10-13-23(29-22)20-4-2-3-5-21(20)27(32)33;;/h2-7,10-14,18H,8-9,15H2,1H3,(H,32,33);;/q;+1;-1. The number of carbonyl (C=O) groups is 1. The third-order valence-corrected chi connectivity index (χ3v) is 6.23. The van der Waals surface area contributed by atoms with Crippen molar-refractivity contribution in [3.63, 3.8) is 0 Å². The number of pyridine rings is 2. The van der Waals surface area contributed by atoms with Crippen LogP contribution in [-0.4, -0.2) is 30.6 Å². The van der Waals surface area contributed by atoms with Crippen LogP contribution < -0.4 is 29.6 Å². The number of imidazole rings is 1. The summed E-state index contributed by atoms with van der Waals surface area (Å²) >= 11 is 0. The molecule has 5 aromatic rings. The van der Waals surface area contributed by atoms with Crippen LogP contribution in [0.2, 0.25) is 0 Å². The Morgan fingerprint density at radius 1 is 1.00 bits per heavy atom. The first-order chi connectivity index (χ1) is 16.1. The van der Waals surface area contributed by atoms with Crippen LogP contribution in [0.5, 0.6) is 0 Å². The molecule has 1 aliphatic rings. The van der Waals surface area contributed by atoms with Crippen molar-refractivity contribution >= 4 is 28.0 Å². The van der Waals surface area contributed by atoms with Gasteiger partial charge in [-0.3, -0.25) is 0 Å². The van der Waals surface area contributed by atoms with Gasteiger partial charge in [0.25, 0.3) is 0 Å². The van der Waals surface area contributed by atoms with Crippen LogP contribution in [0.15, 0.2) is 66.7 Å². The van der Waals surface area contributed by atoms with Gasteiger partial charge in [-0.25, -0.2) is 19.7 Å². The number of nitrogens with zero attached hydrogens (tertiary/aromatic N) is 4. The van der Waals surface area contributed by atoms with Crippen molar-refractivity contribution in [2.75, 3.05) is 0 Å². The minimum atomic E-state index is -0.953. The molecule has 6 rings (SSSR count). The normalized spacial score (nSPS) is 13.2. The average Bonchev–Trinajstić information content (AvgIpc) is 3.62. The Morgan fingerprint density at radius 3 is 2.59 bits per heavy atom. The molecule has 3 aromatic heterocycles. The second kappa shape index (κ2) is 8.95. The van der Waals surface area contributed by atoms with E-state index in [2.05, 4.69) is 22.8 Å². The smallest absolute Gasteiger partial charge is 1.00 e. The molecular weight excluding hydrogens is 435 g/mol. The van der Waals surface area contributed by atoms with E-state index in [-0.39, 0.29) is 36.5 Å². The van der Waals surface area contributed by atoms with Crippen molar-refractivity contribution in [1.29, 1.82) is 0 Å².